The lowest BCUT2D eigenvalue weighted by molar-refractivity contribution is 0.104. The van der Waals surface area contributed by atoms with Crippen LogP contribution in [0.5, 0.6) is 11.5 Å². The number of allylic oxidation sites excluding steroid dienone is 1. The molecule has 2 aromatic carbocycles. The molecule has 1 saturated heterocycles. The zero-order valence-corrected chi connectivity index (χ0v) is 17.4. The van der Waals surface area contributed by atoms with Crippen molar-refractivity contribution in [1.29, 1.82) is 0 Å². The summed E-state index contributed by atoms with van der Waals surface area (Å²) in [4.78, 5) is 15.0. The van der Waals surface area contributed by atoms with Gasteiger partial charge in [-0.2, -0.15) is 0 Å². The third-order valence-corrected chi connectivity index (χ3v) is 5.32. The summed E-state index contributed by atoms with van der Waals surface area (Å²) in [6.07, 6.45) is 5.08. The Morgan fingerprint density at radius 1 is 1.28 bits per heavy atom. The van der Waals surface area contributed by atoms with E-state index in [1.807, 2.05) is 19.1 Å². The molecule has 0 aliphatic carbocycles. The molecule has 6 heteroatoms. The average Bonchev–Trinajstić information content (AvgIpc) is 2.71. The molecule has 154 valence electrons. The van der Waals surface area contributed by atoms with E-state index in [4.69, 9.17) is 22.1 Å². The van der Waals surface area contributed by atoms with Crippen LogP contribution in [0.25, 0.3) is 6.08 Å². The Hall–Kier alpha value is -2.34. The fourth-order valence-electron chi connectivity index (χ4n) is 3.41. The lowest BCUT2D eigenvalue weighted by atomic mass is 10.0. The Bertz CT molecular complexity index is 872. The van der Waals surface area contributed by atoms with Crippen LogP contribution in [0, 0.1) is 0 Å². The molecule has 0 radical (unpaired) electrons. The maximum absolute atomic E-state index is 12.7. The third kappa shape index (κ3) is 5.82. The lowest BCUT2D eigenvalue weighted by Crippen LogP contribution is -2.39. The van der Waals surface area contributed by atoms with E-state index in [-0.39, 0.29) is 23.1 Å². The fraction of sp³-hybridized carbons (Fsp3) is 0.348. The second-order valence-corrected chi connectivity index (χ2v) is 7.71. The van der Waals surface area contributed by atoms with Crippen molar-refractivity contribution in [3.05, 3.63) is 64.2 Å². The molecule has 0 atom stereocenters. The minimum absolute atomic E-state index is 0.0800. The van der Waals surface area contributed by atoms with Gasteiger partial charge in [0, 0.05) is 29.2 Å². The van der Waals surface area contributed by atoms with Crippen LogP contribution in [0.15, 0.2) is 42.5 Å². The van der Waals surface area contributed by atoms with Gasteiger partial charge in [0.05, 0.1) is 12.2 Å². The lowest BCUT2D eigenvalue weighted by Gasteiger charge is -2.30. The second kappa shape index (κ2) is 9.92. The molecule has 1 heterocycles. The smallest absolute Gasteiger partial charge is 0.189 e. The molecule has 3 rings (SSSR count). The molecule has 1 aliphatic heterocycles. The zero-order valence-electron chi connectivity index (χ0n) is 16.6. The molecule has 29 heavy (non-hydrogen) atoms. The molecule has 5 nitrogen and oxygen atoms in total. The minimum Gasteiger partial charge on any atom is -0.507 e. The average molecular weight is 415 g/mol. The molecule has 1 aliphatic rings. The summed E-state index contributed by atoms with van der Waals surface area (Å²) in [6, 6.07) is 10.7. The number of phenolic OH excluding ortho intramolecular Hbond substituents is 1. The predicted molar refractivity (Wildman–Crippen MR) is 117 cm³/mol. The van der Waals surface area contributed by atoms with Gasteiger partial charge in [0.2, 0.25) is 0 Å². The number of halogens is 1. The number of nitrogens with zero attached hydrogens (tertiary/aromatic N) is 1. The second-order valence-electron chi connectivity index (χ2n) is 7.27. The summed E-state index contributed by atoms with van der Waals surface area (Å²) in [5.41, 5.74) is 8.01. The monoisotopic (exact) mass is 414 g/mol. The summed E-state index contributed by atoms with van der Waals surface area (Å²) in [5, 5.41) is 11.0. The highest BCUT2D eigenvalue weighted by Gasteiger charge is 2.20. The molecule has 3 N–H and O–H groups in total. The van der Waals surface area contributed by atoms with E-state index in [1.54, 1.807) is 24.3 Å². The van der Waals surface area contributed by atoms with Gasteiger partial charge in [-0.1, -0.05) is 29.8 Å². The highest BCUT2D eigenvalue weighted by atomic mass is 35.5. The Morgan fingerprint density at radius 2 is 1.97 bits per heavy atom. The van der Waals surface area contributed by atoms with Gasteiger partial charge in [-0.15, -0.1) is 0 Å². The van der Waals surface area contributed by atoms with E-state index in [9.17, 15) is 9.90 Å². The highest BCUT2D eigenvalue weighted by molar-refractivity contribution is 6.30. The van der Waals surface area contributed by atoms with E-state index in [2.05, 4.69) is 4.90 Å². The maximum atomic E-state index is 12.7. The number of hydrogen-bond donors (Lipinski definition) is 2. The van der Waals surface area contributed by atoms with Crippen molar-refractivity contribution in [3.63, 3.8) is 0 Å². The van der Waals surface area contributed by atoms with Gasteiger partial charge in [-0.25, -0.2) is 0 Å². The number of nitrogens with two attached hydrogens (primary N) is 1. The summed E-state index contributed by atoms with van der Waals surface area (Å²) < 4.78 is 5.70. The summed E-state index contributed by atoms with van der Waals surface area (Å²) in [5.74, 6) is 0.268. The first-order valence-corrected chi connectivity index (χ1v) is 10.3. The summed E-state index contributed by atoms with van der Waals surface area (Å²) in [6.45, 7) is 4.86. The normalized spacial score (nSPS) is 15.7. The van der Waals surface area contributed by atoms with Crippen LogP contribution in [0.4, 0.5) is 0 Å². The Labute approximate surface area is 176 Å². The number of carbonyl (C=O) groups is 1. The van der Waals surface area contributed by atoms with E-state index in [0.29, 0.717) is 23.9 Å². The van der Waals surface area contributed by atoms with Crippen LogP contribution in [-0.2, 0) is 6.54 Å². The van der Waals surface area contributed by atoms with Crippen molar-refractivity contribution in [2.75, 3.05) is 19.7 Å². The number of ketones is 1. The maximum Gasteiger partial charge on any atom is 0.189 e. The molecule has 0 unspecified atom stereocenters. The van der Waals surface area contributed by atoms with Crippen molar-refractivity contribution < 1.29 is 14.6 Å². The third-order valence-electron chi connectivity index (χ3n) is 5.07. The van der Waals surface area contributed by atoms with Crippen LogP contribution >= 0.6 is 11.6 Å². The zero-order chi connectivity index (χ0) is 20.8. The molecule has 0 bridgehead atoms. The minimum atomic E-state index is -0.262. The van der Waals surface area contributed by atoms with Crippen LogP contribution in [0.3, 0.4) is 0 Å². The molecule has 0 saturated carbocycles. The summed E-state index contributed by atoms with van der Waals surface area (Å²) >= 11 is 5.89. The standard InChI is InChI=1S/C23H27ClN2O3/c1-2-29-23-14-22(28)20(13-17(23)15-26-11-9-19(25)10-12-26)21(27)8-5-16-3-6-18(24)7-4-16/h3-8,13-14,19,28H,2,9-12,15,25H2,1H3/b8-5+. The molecule has 0 spiro atoms. The quantitative estimate of drug-likeness (QED) is 0.522. The van der Waals surface area contributed by atoms with E-state index in [1.165, 1.54) is 12.1 Å². The Balaban J connectivity index is 1.81. The Kier molecular flexibility index (Phi) is 7.31. The summed E-state index contributed by atoms with van der Waals surface area (Å²) in [7, 11) is 0. The number of aromatic hydroxyl groups is 1. The van der Waals surface area contributed by atoms with Crippen LogP contribution in [-0.4, -0.2) is 41.5 Å². The van der Waals surface area contributed by atoms with E-state index < -0.39 is 0 Å². The van der Waals surface area contributed by atoms with Gasteiger partial charge in [-0.3, -0.25) is 9.69 Å². The van der Waals surface area contributed by atoms with Crippen molar-refractivity contribution in [2.24, 2.45) is 5.73 Å². The number of likely N-dealkylation sites (tertiary alicyclic amines) is 1. The molecule has 2 aromatic rings. The van der Waals surface area contributed by atoms with Crippen LogP contribution < -0.4 is 10.5 Å². The van der Waals surface area contributed by atoms with Gasteiger partial charge in [0.1, 0.15) is 11.5 Å². The van der Waals surface area contributed by atoms with Crippen molar-refractivity contribution in [3.8, 4) is 11.5 Å². The topological polar surface area (TPSA) is 75.8 Å². The van der Waals surface area contributed by atoms with Crippen LogP contribution in [0.1, 0.15) is 41.3 Å². The van der Waals surface area contributed by atoms with Gasteiger partial charge >= 0.3 is 0 Å². The van der Waals surface area contributed by atoms with Crippen LogP contribution in [0.2, 0.25) is 5.02 Å². The van der Waals surface area contributed by atoms with E-state index in [0.717, 1.165) is 37.1 Å². The van der Waals surface area contributed by atoms with Crippen molar-refractivity contribution >= 4 is 23.5 Å². The number of ether oxygens (including phenoxy) is 1. The molecular formula is C23H27ClN2O3. The van der Waals surface area contributed by atoms with Crippen molar-refractivity contribution in [2.45, 2.75) is 32.4 Å². The van der Waals surface area contributed by atoms with Gasteiger partial charge in [-0.05, 0) is 62.7 Å². The molecule has 0 aromatic heterocycles. The number of rotatable bonds is 7. The van der Waals surface area contributed by atoms with Gasteiger partial charge in [0.25, 0.3) is 0 Å². The molecule has 1 fully saturated rings. The fourth-order valence-corrected chi connectivity index (χ4v) is 3.54. The number of phenols is 1. The molecular weight excluding hydrogens is 388 g/mol. The first kappa shape index (κ1) is 21.4. The Morgan fingerprint density at radius 3 is 2.62 bits per heavy atom. The number of carbonyl (C=O) groups excluding carboxylic acids is 1. The predicted octanol–water partition coefficient (Wildman–Crippen LogP) is 4.26. The largest absolute Gasteiger partial charge is 0.507 e. The van der Waals surface area contributed by atoms with Gasteiger partial charge < -0.3 is 15.6 Å². The number of piperidine rings is 1. The highest BCUT2D eigenvalue weighted by Crippen LogP contribution is 2.31. The first-order chi connectivity index (χ1) is 14.0. The number of benzene rings is 2. The van der Waals surface area contributed by atoms with Gasteiger partial charge in [0.15, 0.2) is 5.78 Å². The number of hydrogen-bond acceptors (Lipinski definition) is 5. The molecule has 0 amide bonds. The first-order valence-electron chi connectivity index (χ1n) is 9.91. The van der Waals surface area contributed by atoms with E-state index >= 15 is 0 Å². The van der Waals surface area contributed by atoms with Crippen molar-refractivity contribution in [1.82, 2.24) is 4.90 Å². The SMILES string of the molecule is CCOc1cc(O)c(C(=O)/C=C/c2ccc(Cl)cc2)cc1CN1CCC(N)CC1.